The SMILES string of the molecule is O=C(Cl)C1CC2C=CC1C2.O=C(O)C1CC2C=CC1C2.O=C(OC1C2CC3C1OC(=O)C3(C(=O)OC(C(F)(F)F)C(F)(F)F)C2)C1CC2C=CC1C2.O=S(Cl)Cl. The van der Waals surface area contributed by atoms with Crippen LogP contribution >= 0.6 is 33.0 Å². The highest BCUT2D eigenvalue weighted by atomic mass is 36.0. The minimum atomic E-state index is -5.89. The van der Waals surface area contributed by atoms with E-state index in [1.807, 2.05) is 12.2 Å². The summed E-state index contributed by atoms with van der Waals surface area (Å²) in [5, 5.41) is 8.56. The van der Waals surface area contributed by atoms with Crippen LogP contribution in [0.4, 0.5) is 26.3 Å². The molecule has 0 amide bonds. The number of aliphatic carboxylic acids is 1. The highest BCUT2D eigenvalue weighted by molar-refractivity contribution is 8.26. The fourth-order valence-electron chi connectivity index (χ4n) is 10.3. The zero-order valence-electron chi connectivity index (χ0n) is 29.1. The van der Waals surface area contributed by atoms with Gasteiger partial charge in [0.15, 0.2) is 5.41 Å². The van der Waals surface area contributed by atoms with Crippen LogP contribution in [0.1, 0.15) is 51.4 Å². The maximum Gasteiger partial charge on any atom is 0.434 e. The van der Waals surface area contributed by atoms with Crippen molar-refractivity contribution in [2.75, 3.05) is 0 Å². The van der Waals surface area contributed by atoms with Gasteiger partial charge in [-0.15, -0.1) is 0 Å². The Balaban J connectivity index is 0.000000177. The molecule has 10 nitrogen and oxygen atoms in total. The van der Waals surface area contributed by atoms with E-state index < -0.39 is 81.0 Å². The highest BCUT2D eigenvalue weighted by Crippen LogP contribution is 2.63. The number of ether oxygens (including phenoxy) is 3. The molecular weight excluding hydrogens is 845 g/mol. The van der Waals surface area contributed by atoms with Crippen molar-refractivity contribution in [2.24, 2.45) is 70.5 Å². The predicted molar refractivity (Wildman–Crippen MR) is 185 cm³/mol. The monoisotopic (exact) mass is 880 g/mol. The standard InChI is InChI=1S/C20H18F6O6.C8H9ClO.C8H10O2.Cl2OS/c21-19(22,23)15(20(24,25)26)32-17(29)18-6-9-5-11(18)13(31-16(18)28)12(9)30-14(27)10-4-7-1-2-8(10)3-7;2*9-8(10)7-4-5-1-2-6(7)3-5;1-4(2)3/h1-2,7-13,15H,3-6H2;1-2,5-7H,3-4H2;1-2,5-7H,3-4H2,(H,9,10);. The molecule has 5 saturated carbocycles. The van der Waals surface area contributed by atoms with Crippen molar-refractivity contribution < 1.29 is 73.8 Å². The van der Waals surface area contributed by atoms with Crippen molar-refractivity contribution in [3.8, 4) is 0 Å². The smallest absolute Gasteiger partial charge is 0.434 e. The van der Waals surface area contributed by atoms with Crippen molar-refractivity contribution in [1.82, 2.24) is 0 Å². The van der Waals surface area contributed by atoms with Crippen LogP contribution in [0.5, 0.6) is 0 Å². The molecule has 6 fully saturated rings. The van der Waals surface area contributed by atoms with Gasteiger partial charge in [0.2, 0.25) is 14.5 Å². The quantitative estimate of drug-likeness (QED) is 0.0715. The molecule has 56 heavy (non-hydrogen) atoms. The summed E-state index contributed by atoms with van der Waals surface area (Å²) in [6, 6.07) is 0. The second-order valence-electron chi connectivity index (χ2n) is 15.9. The normalized spacial score (nSPS) is 39.6. The molecule has 14 unspecified atom stereocenters. The van der Waals surface area contributed by atoms with Crippen LogP contribution in [-0.4, -0.2) is 69.1 Å². The number of allylic oxidation sites excluding steroid dienone is 6. The third-order valence-electron chi connectivity index (χ3n) is 12.8. The summed E-state index contributed by atoms with van der Waals surface area (Å²) in [4.78, 5) is 59.0. The first-order valence-corrected chi connectivity index (χ1v) is 21.3. The number of hydrogen-bond acceptors (Lipinski definition) is 9. The number of carbonyl (C=O) groups is 5. The van der Waals surface area contributed by atoms with E-state index in [4.69, 9.17) is 30.4 Å². The average Bonchev–Trinajstić information content (AvgIpc) is 3.96. The molecule has 0 aromatic heterocycles. The van der Waals surface area contributed by atoms with Crippen LogP contribution in [0.2, 0.25) is 0 Å². The van der Waals surface area contributed by atoms with Crippen LogP contribution in [0, 0.1) is 70.5 Å². The Morgan fingerprint density at radius 3 is 1.61 bits per heavy atom. The van der Waals surface area contributed by atoms with Crippen molar-refractivity contribution in [1.29, 1.82) is 0 Å². The van der Waals surface area contributed by atoms with E-state index in [0.29, 0.717) is 36.0 Å². The van der Waals surface area contributed by atoms with Crippen LogP contribution in [-0.2, 0) is 47.4 Å². The first-order chi connectivity index (χ1) is 26.1. The second-order valence-corrected chi connectivity index (χ2v) is 18.8. The molecule has 20 heteroatoms. The molecule has 0 spiro atoms. The topological polar surface area (TPSA) is 150 Å². The Kier molecular flexibility index (Phi) is 12.4. The predicted octanol–water partition coefficient (Wildman–Crippen LogP) is 7.39. The Morgan fingerprint density at radius 1 is 0.786 bits per heavy atom. The molecule has 310 valence electrons. The largest absolute Gasteiger partial charge is 0.481 e. The lowest BCUT2D eigenvalue weighted by atomic mass is 9.73. The van der Waals surface area contributed by atoms with Gasteiger partial charge in [-0.2, -0.15) is 26.3 Å². The number of carbonyl (C=O) groups excluding carboxylic acids is 4. The molecule has 14 atom stereocenters. The number of carboxylic acids is 1. The third-order valence-corrected chi connectivity index (χ3v) is 13.0. The van der Waals surface area contributed by atoms with Crippen molar-refractivity contribution in [2.45, 2.75) is 82.0 Å². The summed E-state index contributed by atoms with van der Waals surface area (Å²) in [6.45, 7) is 0. The van der Waals surface area contributed by atoms with E-state index in [1.165, 1.54) is 0 Å². The van der Waals surface area contributed by atoms with Gasteiger partial charge in [0.05, 0.1) is 11.8 Å². The molecule has 1 aliphatic heterocycles. The summed E-state index contributed by atoms with van der Waals surface area (Å²) < 4.78 is 101. The Labute approximate surface area is 333 Å². The first-order valence-electron chi connectivity index (χ1n) is 18.1. The zero-order chi connectivity index (χ0) is 41.1. The molecule has 8 aliphatic carbocycles. The van der Waals surface area contributed by atoms with Crippen molar-refractivity contribution in [3.63, 3.8) is 0 Å². The number of alkyl halides is 6. The molecule has 1 saturated heterocycles. The third kappa shape index (κ3) is 8.56. The summed E-state index contributed by atoms with van der Waals surface area (Å²) in [7, 11) is 7.36. The van der Waals surface area contributed by atoms with E-state index in [0.717, 1.165) is 32.1 Å². The molecule has 0 aromatic carbocycles. The van der Waals surface area contributed by atoms with E-state index in [9.17, 15) is 50.3 Å². The van der Waals surface area contributed by atoms with Crippen molar-refractivity contribution in [3.05, 3.63) is 36.5 Å². The van der Waals surface area contributed by atoms with Gasteiger partial charge in [0.25, 0.3) is 6.10 Å². The molecule has 0 aromatic rings. The number of fused-ring (bicyclic) bond motifs is 7. The zero-order valence-corrected chi connectivity index (χ0v) is 32.2. The molecular formula is C36H37Cl3F6O10S. The van der Waals surface area contributed by atoms with Crippen LogP contribution in [0.25, 0.3) is 0 Å². The minimum Gasteiger partial charge on any atom is -0.481 e. The van der Waals surface area contributed by atoms with Gasteiger partial charge in [-0.05, 0) is 98.5 Å². The number of rotatable bonds is 6. The Bertz CT molecular complexity index is 1660. The maximum absolute atomic E-state index is 12.8. The molecule has 1 N–H and O–H groups in total. The van der Waals surface area contributed by atoms with Crippen LogP contribution < -0.4 is 0 Å². The lowest BCUT2D eigenvalue weighted by Gasteiger charge is -2.32. The highest BCUT2D eigenvalue weighted by Gasteiger charge is 2.76. The van der Waals surface area contributed by atoms with Gasteiger partial charge in [0.1, 0.15) is 12.2 Å². The Hall–Kier alpha value is -2.63. The molecule has 0 radical (unpaired) electrons. The van der Waals surface area contributed by atoms with Crippen LogP contribution in [0.3, 0.4) is 0 Å². The summed E-state index contributed by atoms with van der Waals surface area (Å²) in [6.07, 6.45) is -0.248. The first kappa shape index (κ1) is 43.0. The maximum atomic E-state index is 12.8. The Morgan fingerprint density at radius 2 is 1.25 bits per heavy atom. The van der Waals surface area contributed by atoms with Gasteiger partial charge in [-0.1, -0.05) is 36.5 Å². The second kappa shape index (κ2) is 16.2. The number of hydrogen-bond donors (Lipinski definition) is 1. The molecule has 8 bridgehead atoms. The summed E-state index contributed by atoms with van der Waals surface area (Å²) in [5.41, 5.74) is -2.25. The minimum absolute atomic E-state index is 0.0629. The van der Waals surface area contributed by atoms with E-state index in [2.05, 4.69) is 50.4 Å². The lowest BCUT2D eigenvalue weighted by molar-refractivity contribution is -0.315. The van der Waals surface area contributed by atoms with Gasteiger partial charge in [-0.25, -0.2) is 4.21 Å². The van der Waals surface area contributed by atoms with Crippen molar-refractivity contribution >= 4 is 71.3 Å². The fourth-order valence-corrected chi connectivity index (χ4v) is 10.6. The van der Waals surface area contributed by atoms with E-state index >= 15 is 0 Å². The summed E-state index contributed by atoms with van der Waals surface area (Å²) >= 11 is 5.41. The van der Waals surface area contributed by atoms with Gasteiger partial charge in [-0.3, -0.25) is 24.0 Å². The van der Waals surface area contributed by atoms with E-state index in [-0.39, 0.29) is 41.8 Å². The van der Waals surface area contributed by atoms with Gasteiger partial charge >= 0.3 is 36.2 Å². The lowest BCUT2D eigenvalue weighted by Crippen LogP contribution is -2.51. The summed E-state index contributed by atoms with van der Waals surface area (Å²) in [5.74, 6) is -3.69. The molecule has 9 rings (SSSR count). The van der Waals surface area contributed by atoms with Gasteiger partial charge in [0, 0.05) is 39.1 Å². The van der Waals surface area contributed by atoms with Crippen LogP contribution in [0.15, 0.2) is 36.5 Å². The molecule has 9 aliphatic rings. The molecule has 1 heterocycles. The van der Waals surface area contributed by atoms with Gasteiger partial charge < -0.3 is 19.3 Å². The fraction of sp³-hybridized carbons (Fsp3) is 0.694. The number of halogens is 9. The average molecular weight is 882 g/mol. The number of esters is 3. The van der Waals surface area contributed by atoms with E-state index in [1.54, 1.807) is 0 Å². The number of carboxylic acid groups (broad SMARTS) is 1.